The molecule has 0 fully saturated rings. The number of hydrogen-bond donors (Lipinski definition) is 0. The van der Waals surface area contributed by atoms with Gasteiger partial charge in [0.2, 0.25) is 0 Å². The van der Waals surface area contributed by atoms with Crippen LogP contribution in [0.15, 0.2) is 0 Å². The van der Waals surface area contributed by atoms with E-state index in [2.05, 4.69) is 13.8 Å². The molecule has 7 heavy (non-hydrogen) atoms. The number of halogens is 2. The first-order valence-corrected chi connectivity index (χ1v) is 5.32. The molecule has 0 aromatic carbocycles. The Morgan fingerprint density at radius 2 is 1.29 bits per heavy atom. The summed E-state index contributed by atoms with van der Waals surface area (Å²) in [6.45, 7) is 4.36. The van der Waals surface area contributed by atoms with E-state index >= 15 is 0 Å². The van der Waals surface area contributed by atoms with Gasteiger partial charge in [-0.3, -0.25) is 0 Å². The van der Waals surface area contributed by atoms with Crippen LogP contribution in [0.25, 0.3) is 0 Å². The van der Waals surface area contributed by atoms with Crippen LogP contribution in [-0.2, 0) is 0 Å². The molecule has 0 nitrogen and oxygen atoms in total. The van der Waals surface area contributed by atoms with Gasteiger partial charge in [-0.2, -0.15) is 0 Å². The molecule has 0 N–H and O–H groups in total. The fourth-order valence-electron chi connectivity index (χ4n) is 0. The molecular formula is C4H10Cl2Si. The minimum absolute atomic E-state index is 0.0278. The maximum Gasteiger partial charge on any atom is 0.295 e. The Labute approximate surface area is 57.4 Å². The van der Waals surface area contributed by atoms with Crippen LogP contribution in [0.4, 0.5) is 0 Å². The van der Waals surface area contributed by atoms with Crippen LogP contribution in [0.5, 0.6) is 0 Å². The van der Waals surface area contributed by atoms with Crippen molar-refractivity contribution in [2.75, 3.05) is 0 Å². The normalized spacial score (nSPS) is 6.86. The van der Waals surface area contributed by atoms with Gasteiger partial charge in [-0.25, -0.2) is 0 Å². The lowest BCUT2D eigenvalue weighted by molar-refractivity contribution is 0.886. The molecule has 0 amide bonds. The maximum absolute atomic E-state index is 4.79. The van der Waals surface area contributed by atoms with Crippen LogP contribution < -0.4 is 0 Å². The van der Waals surface area contributed by atoms with Gasteiger partial charge in [0.25, 0.3) is 8.14 Å². The molecule has 44 valence electrons. The summed E-state index contributed by atoms with van der Waals surface area (Å²) in [5, 5.41) is 0. The van der Waals surface area contributed by atoms with Crippen molar-refractivity contribution in [3.8, 4) is 0 Å². The second-order valence-corrected chi connectivity index (χ2v) is 2.93. The third-order valence-electron chi connectivity index (χ3n) is 0.500. The third-order valence-corrected chi connectivity index (χ3v) is 0.500. The molecule has 0 aromatic heterocycles. The molecule has 0 saturated carbocycles. The van der Waals surface area contributed by atoms with E-state index in [1.54, 1.807) is 0 Å². The summed E-state index contributed by atoms with van der Waals surface area (Å²) in [7, 11) is 0.0278. The largest absolute Gasteiger partial charge is 0.295 e. The first kappa shape index (κ1) is 10.7. The molecule has 0 atom stereocenters. The summed E-state index contributed by atoms with van der Waals surface area (Å²) in [5.74, 6) is 0. The van der Waals surface area contributed by atoms with Crippen LogP contribution >= 0.6 is 22.2 Å². The van der Waals surface area contributed by atoms with E-state index in [-0.39, 0.29) is 8.14 Å². The summed E-state index contributed by atoms with van der Waals surface area (Å²) in [6, 6.07) is 0. The monoisotopic (exact) mass is 156 g/mol. The summed E-state index contributed by atoms with van der Waals surface area (Å²) in [5.41, 5.74) is 0. The van der Waals surface area contributed by atoms with Gasteiger partial charge in [0, 0.05) is 0 Å². The topological polar surface area (TPSA) is 0 Å². The van der Waals surface area contributed by atoms with Gasteiger partial charge >= 0.3 is 0 Å². The Hall–Kier alpha value is 0.797. The van der Waals surface area contributed by atoms with E-state index in [0.717, 1.165) is 0 Å². The van der Waals surface area contributed by atoms with E-state index in [1.165, 1.54) is 12.8 Å². The number of hydrogen-bond acceptors (Lipinski definition) is 0. The van der Waals surface area contributed by atoms with Crippen molar-refractivity contribution in [2.24, 2.45) is 0 Å². The first-order chi connectivity index (χ1) is 3.33. The Morgan fingerprint density at radius 3 is 1.29 bits per heavy atom. The molecule has 0 aliphatic rings. The summed E-state index contributed by atoms with van der Waals surface area (Å²) in [6.07, 6.45) is 2.64. The second-order valence-electron chi connectivity index (χ2n) is 1.07. The third kappa shape index (κ3) is 48.4. The summed E-state index contributed by atoms with van der Waals surface area (Å²) in [4.78, 5) is 0. The van der Waals surface area contributed by atoms with Crippen molar-refractivity contribution in [2.45, 2.75) is 26.7 Å². The van der Waals surface area contributed by atoms with Crippen molar-refractivity contribution in [3.05, 3.63) is 0 Å². The van der Waals surface area contributed by atoms with Crippen LogP contribution in [0.2, 0.25) is 0 Å². The highest BCUT2D eigenvalue weighted by atomic mass is 35.7. The van der Waals surface area contributed by atoms with Crippen molar-refractivity contribution in [3.63, 3.8) is 0 Å². The SMILES string of the molecule is CCCC.Cl[Si]Cl. The van der Waals surface area contributed by atoms with E-state index in [1.807, 2.05) is 0 Å². The molecule has 2 radical (unpaired) electrons. The predicted octanol–water partition coefficient (Wildman–Crippen LogP) is 2.80. The molecule has 3 heteroatoms. The number of rotatable bonds is 1. The highest BCUT2D eigenvalue weighted by molar-refractivity contribution is 7.22. The zero-order valence-corrected chi connectivity index (χ0v) is 7.18. The molecule has 0 bridgehead atoms. The lowest BCUT2D eigenvalue weighted by atomic mass is 10.4. The van der Waals surface area contributed by atoms with E-state index in [0.29, 0.717) is 0 Å². The fraction of sp³-hybridized carbons (Fsp3) is 1.00. The minimum atomic E-state index is 0.0278. The van der Waals surface area contributed by atoms with Crippen molar-refractivity contribution in [1.29, 1.82) is 0 Å². The van der Waals surface area contributed by atoms with Gasteiger partial charge in [0.15, 0.2) is 0 Å². The van der Waals surface area contributed by atoms with Gasteiger partial charge in [0.05, 0.1) is 0 Å². The van der Waals surface area contributed by atoms with Gasteiger partial charge in [-0.05, 0) is 0 Å². The average Bonchev–Trinajstić information content (AvgIpc) is 1.69. The number of unbranched alkanes of at least 4 members (excludes halogenated alkanes) is 1. The molecule has 0 aliphatic heterocycles. The fourth-order valence-corrected chi connectivity index (χ4v) is 0. The molecule has 0 heterocycles. The van der Waals surface area contributed by atoms with Crippen molar-refractivity contribution in [1.82, 2.24) is 0 Å². The standard InChI is InChI=1S/C4H10.Cl2Si/c1-3-4-2;1-3-2/h3-4H2,1-2H3;. The highest BCUT2D eigenvalue weighted by Gasteiger charge is 1.56. The molecule has 0 spiro atoms. The van der Waals surface area contributed by atoms with Crippen LogP contribution in [0.1, 0.15) is 26.7 Å². The molecule has 0 rings (SSSR count). The minimum Gasteiger partial charge on any atom is -0.148 e. The first-order valence-electron chi connectivity index (χ1n) is 2.29. The Balaban J connectivity index is 0. The highest BCUT2D eigenvalue weighted by Crippen LogP contribution is 1.76. The smallest absolute Gasteiger partial charge is 0.148 e. The molecule has 0 aliphatic carbocycles. The Morgan fingerprint density at radius 1 is 1.14 bits per heavy atom. The van der Waals surface area contributed by atoms with Gasteiger partial charge in [0.1, 0.15) is 0 Å². The van der Waals surface area contributed by atoms with Gasteiger partial charge in [-0.15, -0.1) is 22.2 Å². The van der Waals surface area contributed by atoms with Gasteiger partial charge in [-0.1, -0.05) is 26.7 Å². The Kier molecular flexibility index (Phi) is 24.3. The molecular weight excluding hydrogens is 147 g/mol. The lowest BCUT2D eigenvalue weighted by Crippen LogP contribution is -1.47. The van der Waals surface area contributed by atoms with Crippen LogP contribution in [-0.4, -0.2) is 8.14 Å². The quantitative estimate of drug-likeness (QED) is 0.405. The van der Waals surface area contributed by atoms with E-state index < -0.39 is 0 Å². The van der Waals surface area contributed by atoms with Gasteiger partial charge < -0.3 is 0 Å². The van der Waals surface area contributed by atoms with E-state index in [9.17, 15) is 0 Å². The van der Waals surface area contributed by atoms with E-state index in [4.69, 9.17) is 22.2 Å². The predicted molar refractivity (Wildman–Crippen MR) is 38.0 cm³/mol. The van der Waals surface area contributed by atoms with Crippen molar-refractivity contribution >= 4 is 30.3 Å². The maximum atomic E-state index is 4.79. The lowest BCUT2D eigenvalue weighted by Gasteiger charge is -1.68. The van der Waals surface area contributed by atoms with Crippen LogP contribution in [0, 0.1) is 0 Å². The Bertz CT molecular complexity index is 17.2. The molecule has 0 aromatic rings. The van der Waals surface area contributed by atoms with Crippen LogP contribution in [0.3, 0.4) is 0 Å². The summed E-state index contributed by atoms with van der Waals surface area (Å²) < 4.78 is 0. The second kappa shape index (κ2) is 15.8. The molecule has 0 unspecified atom stereocenters. The average molecular weight is 157 g/mol. The zero-order valence-electron chi connectivity index (χ0n) is 4.67. The zero-order chi connectivity index (χ0) is 6.12. The summed E-state index contributed by atoms with van der Waals surface area (Å²) >= 11 is 9.58. The van der Waals surface area contributed by atoms with Crippen molar-refractivity contribution < 1.29 is 0 Å². The molecule has 0 saturated heterocycles.